The quantitative estimate of drug-likeness (QED) is 0.459. The Morgan fingerprint density at radius 2 is 1.57 bits per heavy atom. The van der Waals surface area contributed by atoms with Crippen LogP contribution in [0.1, 0.15) is 13.3 Å². The van der Waals surface area contributed by atoms with E-state index in [0.29, 0.717) is 18.6 Å². The molecule has 0 rings (SSSR count). The number of rotatable bonds is 4. The monoisotopic (exact) mass is 206 g/mol. The first-order valence-electron chi connectivity index (χ1n) is 3.83. The van der Waals surface area contributed by atoms with Gasteiger partial charge in [0.1, 0.15) is 0 Å². The van der Waals surface area contributed by atoms with Gasteiger partial charge in [-0.15, -0.1) is 0 Å². The Morgan fingerprint density at radius 3 is 1.64 bits per heavy atom. The van der Waals surface area contributed by atoms with E-state index in [2.05, 4.69) is 0 Å². The number of hydrogen-bond donors (Lipinski definition) is 4. The summed E-state index contributed by atoms with van der Waals surface area (Å²) < 4.78 is 0. The maximum Gasteiger partial charge on any atom is 0.328 e. The third kappa shape index (κ3) is 22.4. The summed E-state index contributed by atoms with van der Waals surface area (Å²) >= 11 is 0. The number of aliphatic carboxylic acids is 2. The Balaban J connectivity index is 0. The number of aliphatic hydroxyl groups excluding tert-OH is 2. The van der Waals surface area contributed by atoms with E-state index in [-0.39, 0.29) is 12.7 Å². The van der Waals surface area contributed by atoms with E-state index < -0.39 is 11.9 Å². The lowest BCUT2D eigenvalue weighted by Gasteiger charge is -1.95. The Morgan fingerprint density at radius 1 is 1.21 bits per heavy atom. The lowest BCUT2D eigenvalue weighted by Crippen LogP contribution is -2.00. The highest BCUT2D eigenvalue weighted by atomic mass is 16.4. The van der Waals surface area contributed by atoms with Crippen LogP contribution in [0, 0.1) is 0 Å². The average Bonchev–Trinajstić information content (AvgIpc) is 2.01. The molecule has 0 amide bonds. The predicted molar refractivity (Wildman–Crippen MR) is 47.8 cm³/mol. The molecule has 0 aromatic heterocycles. The van der Waals surface area contributed by atoms with Crippen LogP contribution in [-0.4, -0.2) is 45.1 Å². The molecule has 1 atom stereocenters. The molecular formula is C8H14O6. The summed E-state index contributed by atoms with van der Waals surface area (Å²) in [5.74, 6) is -2.51. The van der Waals surface area contributed by atoms with Crippen molar-refractivity contribution in [2.24, 2.45) is 0 Å². The Bertz CT molecular complexity index is 180. The van der Waals surface area contributed by atoms with Crippen molar-refractivity contribution >= 4 is 11.9 Å². The standard InChI is InChI=1S/C4H4O4.C4H10O2/c5-3(6)1-2-4(7)8;1-4(6)2-3-5/h1-2H,(H,5,6)(H,7,8);4-6H,2-3H2,1H3/b2-1-;. The first-order chi connectivity index (χ1) is 6.40. The van der Waals surface area contributed by atoms with Gasteiger partial charge in [-0.25, -0.2) is 9.59 Å². The third-order valence-electron chi connectivity index (χ3n) is 0.915. The van der Waals surface area contributed by atoms with E-state index in [1.807, 2.05) is 0 Å². The molecule has 0 fully saturated rings. The molecule has 4 N–H and O–H groups in total. The summed E-state index contributed by atoms with van der Waals surface area (Å²) in [7, 11) is 0. The maximum atomic E-state index is 9.55. The van der Waals surface area contributed by atoms with Gasteiger partial charge in [0.05, 0.1) is 6.10 Å². The second-order valence-electron chi connectivity index (χ2n) is 2.37. The van der Waals surface area contributed by atoms with E-state index in [9.17, 15) is 9.59 Å². The number of aliphatic hydroxyl groups is 2. The predicted octanol–water partition coefficient (Wildman–Crippen LogP) is -0.539. The van der Waals surface area contributed by atoms with E-state index >= 15 is 0 Å². The zero-order valence-corrected chi connectivity index (χ0v) is 7.75. The summed E-state index contributed by atoms with van der Waals surface area (Å²) in [4.78, 5) is 19.1. The van der Waals surface area contributed by atoms with Gasteiger partial charge in [0.15, 0.2) is 0 Å². The molecule has 0 saturated heterocycles. The van der Waals surface area contributed by atoms with Gasteiger partial charge in [-0.2, -0.15) is 0 Å². The van der Waals surface area contributed by atoms with E-state index in [1.165, 1.54) is 0 Å². The highest BCUT2D eigenvalue weighted by Gasteiger charge is 1.88. The molecule has 82 valence electrons. The van der Waals surface area contributed by atoms with Crippen LogP contribution in [0.5, 0.6) is 0 Å². The van der Waals surface area contributed by atoms with Crippen LogP contribution in [-0.2, 0) is 9.59 Å². The topological polar surface area (TPSA) is 115 Å². The number of hydrogen-bond acceptors (Lipinski definition) is 4. The molecule has 0 aliphatic heterocycles. The first kappa shape index (κ1) is 15.1. The molecule has 0 aliphatic carbocycles. The van der Waals surface area contributed by atoms with Crippen LogP contribution in [0.2, 0.25) is 0 Å². The molecule has 0 aromatic carbocycles. The summed E-state index contributed by atoms with van der Waals surface area (Å²) in [5.41, 5.74) is 0. The maximum absolute atomic E-state index is 9.55. The molecule has 0 saturated carbocycles. The highest BCUT2D eigenvalue weighted by Crippen LogP contribution is 1.83. The molecule has 0 heterocycles. The molecular weight excluding hydrogens is 192 g/mol. The van der Waals surface area contributed by atoms with Crippen LogP contribution in [0.4, 0.5) is 0 Å². The van der Waals surface area contributed by atoms with E-state index in [1.54, 1.807) is 6.92 Å². The van der Waals surface area contributed by atoms with Gasteiger partial charge in [0.2, 0.25) is 0 Å². The van der Waals surface area contributed by atoms with E-state index in [0.717, 1.165) is 0 Å². The van der Waals surface area contributed by atoms with Gasteiger partial charge >= 0.3 is 11.9 Å². The highest BCUT2D eigenvalue weighted by molar-refractivity contribution is 5.89. The first-order valence-corrected chi connectivity index (χ1v) is 3.83. The molecule has 0 aromatic rings. The number of carboxylic acids is 2. The Hall–Kier alpha value is -1.40. The molecule has 0 aliphatic rings. The fourth-order valence-corrected chi connectivity index (χ4v) is 0.329. The second-order valence-corrected chi connectivity index (χ2v) is 2.37. The molecule has 1 unspecified atom stereocenters. The smallest absolute Gasteiger partial charge is 0.328 e. The zero-order valence-electron chi connectivity index (χ0n) is 7.75. The second kappa shape index (κ2) is 9.69. The zero-order chi connectivity index (χ0) is 11.6. The molecule has 14 heavy (non-hydrogen) atoms. The van der Waals surface area contributed by atoms with Crippen molar-refractivity contribution in [1.29, 1.82) is 0 Å². The van der Waals surface area contributed by atoms with Gasteiger partial charge in [-0.1, -0.05) is 0 Å². The molecule has 0 radical (unpaired) electrons. The summed E-state index contributed by atoms with van der Waals surface area (Å²) in [5, 5.41) is 32.1. The van der Waals surface area contributed by atoms with Crippen LogP contribution in [0.25, 0.3) is 0 Å². The van der Waals surface area contributed by atoms with Crippen LogP contribution >= 0.6 is 0 Å². The summed E-state index contributed by atoms with van der Waals surface area (Å²) in [6, 6.07) is 0. The van der Waals surface area contributed by atoms with E-state index in [4.69, 9.17) is 20.4 Å². The lowest BCUT2D eigenvalue weighted by molar-refractivity contribution is -0.134. The number of carboxylic acid groups (broad SMARTS) is 2. The van der Waals surface area contributed by atoms with Crippen LogP contribution in [0.3, 0.4) is 0 Å². The molecule has 0 spiro atoms. The minimum absolute atomic E-state index is 0.0810. The minimum atomic E-state index is -1.26. The SMILES string of the molecule is CC(O)CCO.O=C(O)/C=C\C(=O)O. The summed E-state index contributed by atoms with van der Waals surface area (Å²) in [6.45, 7) is 1.73. The third-order valence-corrected chi connectivity index (χ3v) is 0.915. The van der Waals surface area contributed by atoms with Gasteiger partial charge in [-0.3, -0.25) is 0 Å². The van der Waals surface area contributed by atoms with Gasteiger partial charge in [0, 0.05) is 18.8 Å². The fourth-order valence-electron chi connectivity index (χ4n) is 0.329. The molecule has 6 heteroatoms. The molecule has 6 nitrogen and oxygen atoms in total. The van der Waals surface area contributed by atoms with Gasteiger partial charge in [-0.05, 0) is 13.3 Å². The average molecular weight is 206 g/mol. The van der Waals surface area contributed by atoms with Crippen LogP contribution < -0.4 is 0 Å². The van der Waals surface area contributed by atoms with Gasteiger partial charge < -0.3 is 20.4 Å². The van der Waals surface area contributed by atoms with Crippen molar-refractivity contribution in [3.63, 3.8) is 0 Å². The van der Waals surface area contributed by atoms with Crippen molar-refractivity contribution in [3.05, 3.63) is 12.2 Å². The lowest BCUT2D eigenvalue weighted by atomic mass is 10.3. The van der Waals surface area contributed by atoms with Gasteiger partial charge in [0.25, 0.3) is 0 Å². The fraction of sp³-hybridized carbons (Fsp3) is 0.500. The van der Waals surface area contributed by atoms with Crippen molar-refractivity contribution in [2.45, 2.75) is 19.4 Å². The van der Waals surface area contributed by atoms with Crippen molar-refractivity contribution in [1.82, 2.24) is 0 Å². The normalized spacial score (nSPS) is 11.6. The van der Waals surface area contributed by atoms with Crippen molar-refractivity contribution in [3.8, 4) is 0 Å². The Kier molecular flexibility index (Phi) is 10.4. The Labute approximate surface area is 81.1 Å². The summed E-state index contributed by atoms with van der Waals surface area (Å²) in [6.07, 6.45) is 1.25. The van der Waals surface area contributed by atoms with Crippen molar-refractivity contribution < 1.29 is 30.0 Å². The minimum Gasteiger partial charge on any atom is -0.478 e. The molecule has 0 bridgehead atoms. The van der Waals surface area contributed by atoms with Crippen LogP contribution in [0.15, 0.2) is 12.2 Å². The van der Waals surface area contributed by atoms with Crippen molar-refractivity contribution in [2.75, 3.05) is 6.61 Å². The largest absolute Gasteiger partial charge is 0.478 e. The number of carbonyl (C=O) groups is 2.